The van der Waals surface area contributed by atoms with E-state index in [1.165, 1.54) is 6.07 Å². The van der Waals surface area contributed by atoms with Crippen molar-refractivity contribution < 1.29 is 22.7 Å². The number of aromatic carboxylic acids is 1. The van der Waals surface area contributed by atoms with Crippen LogP contribution in [0.25, 0.3) is 11.3 Å². The van der Waals surface area contributed by atoms with Gasteiger partial charge in [-0.2, -0.15) is 0 Å². The van der Waals surface area contributed by atoms with Gasteiger partial charge < -0.3 is 9.52 Å². The maximum atomic E-state index is 12.5. The lowest BCUT2D eigenvalue weighted by Gasteiger charge is -2.11. The van der Waals surface area contributed by atoms with E-state index in [1.54, 1.807) is 55.5 Å². The van der Waals surface area contributed by atoms with Gasteiger partial charge in [-0.3, -0.25) is 4.72 Å². The van der Waals surface area contributed by atoms with Crippen molar-refractivity contribution in [1.29, 1.82) is 0 Å². The minimum atomic E-state index is -3.68. The number of furan rings is 1. The lowest BCUT2D eigenvalue weighted by molar-refractivity contribution is 0.0663. The molecule has 0 spiro atoms. The molecule has 0 aliphatic heterocycles. The van der Waals surface area contributed by atoms with E-state index in [0.29, 0.717) is 17.0 Å². The predicted octanol–water partition coefficient (Wildman–Crippen LogP) is 4.06. The molecular formula is C19H17NO5S. The SMILES string of the molecule is Cc1ccc(S(=O)(=O)Nc2ccc(-c3ccc(C(=O)O)o3)c(C)c2)cc1. The summed E-state index contributed by atoms with van der Waals surface area (Å²) in [4.78, 5) is 11.1. The molecule has 1 heterocycles. The first-order valence-electron chi connectivity index (χ1n) is 7.80. The van der Waals surface area contributed by atoms with Crippen molar-refractivity contribution in [3.8, 4) is 11.3 Å². The van der Waals surface area contributed by atoms with Crippen LogP contribution < -0.4 is 4.72 Å². The zero-order valence-electron chi connectivity index (χ0n) is 14.2. The van der Waals surface area contributed by atoms with E-state index >= 15 is 0 Å². The molecule has 6 nitrogen and oxygen atoms in total. The summed E-state index contributed by atoms with van der Waals surface area (Å²) in [6.45, 7) is 3.68. The van der Waals surface area contributed by atoms with Gasteiger partial charge in [0.15, 0.2) is 0 Å². The Bertz CT molecular complexity index is 1070. The summed E-state index contributed by atoms with van der Waals surface area (Å²) in [6.07, 6.45) is 0. The third kappa shape index (κ3) is 3.62. The summed E-state index contributed by atoms with van der Waals surface area (Å²) in [5, 5.41) is 8.94. The first-order valence-corrected chi connectivity index (χ1v) is 9.28. The molecule has 0 radical (unpaired) electrons. The highest BCUT2D eigenvalue weighted by Crippen LogP contribution is 2.28. The third-order valence-electron chi connectivity index (χ3n) is 3.89. The van der Waals surface area contributed by atoms with Gasteiger partial charge in [-0.05, 0) is 61.9 Å². The zero-order valence-corrected chi connectivity index (χ0v) is 15.0. The van der Waals surface area contributed by atoms with Gasteiger partial charge in [-0.25, -0.2) is 13.2 Å². The maximum Gasteiger partial charge on any atom is 0.371 e. The minimum absolute atomic E-state index is 0.149. The molecule has 0 aliphatic rings. The smallest absolute Gasteiger partial charge is 0.371 e. The summed E-state index contributed by atoms with van der Waals surface area (Å²) < 4.78 is 32.8. The molecule has 0 aliphatic carbocycles. The molecule has 2 aromatic carbocycles. The van der Waals surface area contributed by atoms with Crippen molar-refractivity contribution in [3.63, 3.8) is 0 Å². The molecule has 26 heavy (non-hydrogen) atoms. The Morgan fingerprint density at radius 3 is 2.27 bits per heavy atom. The summed E-state index contributed by atoms with van der Waals surface area (Å²) in [7, 11) is -3.68. The molecule has 0 saturated carbocycles. The van der Waals surface area contributed by atoms with Crippen LogP contribution in [0.4, 0.5) is 5.69 Å². The average Bonchev–Trinajstić information content (AvgIpc) is 3.05. The number of hydrogen-bond donors (Lipinski definition) is 2. The van der Waals surface area contributed by atoms with Crippen LogP contribution in [0.2, 0.25) is 0 Å². The van der Waals surface area contributed by atoms with Gasteiger partial charge in [0, 0.05) is 11.3 Å². The van der Waals surface area contributed by atoms with Gasteiger partial charge in [0.2, 0.25) is 5.76 Å². The van der Waals surface area contributed by atoms with E-state index in [-0.39, 0.29) is 10.7 Å². The Labute approximate surface area is 151 Å². The molecule has 3 rings (SSSR count). The number of sulfonamides is 1. The van der Waals surface area contributed by atoms with Crippen molar-refractivity contribution in [3.05, 3.63) is 71.5 Å². The second-order valence-corrected chi connectivity index (χ2v) is 7.60. The number of rotatable bonds is 5. The standard InChI is InChI=1S/C19H17NO5S/c1-12-3-6-15(7-4-12)26(23,24)20-14-5-8-16(13(2)11-14)17-9-10-18(25-17)19(21)22/h3-11,20H,1-2H3,(H,21,22). The first-order chi connectivity index (χ1) is 12.3. The largest absolute Gasteiger partial charge is 0.475 e. The first kappa shape index (κ1) is 17.8. The highest BCUT2D eigenvalue weighted by atomic mass is 32.2. The molecule has 134 valence electrons. The van der Waals surface area contributed by atoms with Crippen molar-refractivity contribution >= 4 is 21.7 Å². The normalized spacial score (nSPS) is 11.3. The van der Waals surface area contributed by atoms with Gasteiger partial charge >= 0.3 is 5.97 Å². The average molecular weight is 371 g/mol. The molecule has 0 atom stereocenters. The van der Waals surface area contributed by atoms with E-state index in [9.17, 15) is 13.2 Å². The van der Waals surface area contributed by atoms with Crippen LogP contribution >= 0.6 is 0 Å². The Kier molecular flexibility index (Phi) is 4.56. The van der Waals surface area contributed by atoms with Gasteiger partial charge in [-0.1, -0.05) is 17.7 Å². The summed E-state index contributed by atoms with van der Waals surface area (Å²) >= 11 is 0. The van der Waals surface area contributed by atoms with E-state index in [1.807, 2.05) is 6.92 Å². The Morgan fingerprint density at radius 2 is 1.69 bits per heavy atom. The number of benzene rings is 2. The van der Waals surface area contributed by atoms with E-state index in [2.05, 4.69) is 4.72 Å². The fourth-order valence-corrected chi connectivity index (χ4v) is 3.58. The summed E-state index contributed by atoms with van der Waals surface area (Å²) in [6, 6.07) is 14.5. The Balaban J connectivity index is 1.87. The lowest BCUT2D eigenvalue weighted by atomic mass is 10.1. The predicted molar refractivity (Wildman–Crippen MR) is 97.8 cm³/mol. The van der Waals surface area contributed by atoms with E-state index < -0.39 is 16.0 Å². The summed E-state index contributed by atoms with van der Waals surface area (Å²) in [5.74, 6) is -0.882. The fraction of sp³-hybridized carbons (Fsp3) is 0.105. The van der Waals surface area contributed by atoms with Crippen molar-refractivity contribution in [2.24, 2.45) is 0 Å². The van der Waals surface area contributed by atoms with E-state index in [4.69, 9.17) is 9.52 Å². The topological polar surface area (TPSA) is 96.6 Å². The molecule has 0 bridgehead atoms. The van der Waals surface area contributed by atoms with Gasteiger partial charge in [0.1, 0.15) is 5.76 Å². The quantitative estimate of drug-likeness (QED) is 0.705. The molecule has 0 unspecified atom stereocenters. The minimum Gasteiger partial charge on any atom is -0.475 e. The van der Waals surface area contributed by atoms with Crippen molar-refractivity contribution in [1.82, 2.24) is 0 Å². The zero-order chi connectivity index (χ0) is 18.9. The highest BCUT2D eigenvalue weighted by Gasteiger charge is 2.16. The number of nitrogens with one attached hydrogen (secondary N) is 1. The van der Waals surface area contributed by atoms with Gasteiger partial charge in [0.05, 0.1) is 4.90 Å². The Hall–Kier alpha value is -3.06. The second kappa shape index (κ2) is 6.68. The van der Waals surface area contributed by atoms with Gasteiger partial charge in [-0.15, -0.1) is 0 Å². The van der Waals surface area contributed by atoms with Crippen molar-refractivity contribution in [2.75, 3.05) is 4.72 Å². The second-order valence-electron chi connectivity index (χ2n) is 5.92. The maximum absolute atomic E-state index is 12.5. The highest BCUT2D eigenvalue weighted by molar-refractivity contribution is 7.92. The lowest BCUT2D eigenvalue weighted by Crippen LogP contribution is -2.13. The van der Waals surface area contributed by atoms with Crippen LogP contribution in [0.15, 0.2) is 63.9 Å². The van der Waals surface area contributed by atoms with Crippen LogP contribution in [-0.2, 0) is 10.0 Å². The van der Waals surface area contributed by atoms with Gasteiger partial charge in [0.25, 0.3) is 10.0 Å². The number of carboxylic acids is 1. The molecule has 0 saturated heterocycles. The molecule has 0 amide bonds. The van der Waals surface area contributed by atoms with Crippen LogP contribution in [0.5, 0.6) is 0 Å². The molecule has 2 N–H and O–H groups in total. The van der Waals surface area contributed by atoms with Crippen LogP contribution in [-0.4, -0.2) is 19.5 Å². The van der Waals surface area contributed by atoms with Crippen molar-refractivity contribution in [2.45, 2.75) is 18.7 Å². The fourth-order valence-electron chi connectivity index (χ4n) is 2.53. The molecule has 0 fully saturated rings. The Morgan fingerprint density at radius 1 is 1.00 bits per heavy atom. The molecule has 7 heteroatoms. The van der Waals surface area contributed by atoms with Crippen LogP contribution in [0.1, 0.15) is 21.7 Å². The summed E-state index contributed by atoms with van der Waals surface area (Å²) in [5.41, 5.74) is 2.83. The molecule has 1 aromatic heterocycles. The number of hydrogen-bond acceptors (Lipinski definition) is 4. The molecule has 3 aromatic rings. The number of carbonyl (C=O) groups is 1. The van der Waals surface area contributed by atoms with Crippen LogP contribution in [0, 0.1) is 13.8 Å². The number of anilines is 1. The monoisotopic (exact) mass is 371 g/mol. The molecular weight excluding hydrogens is 354 g/mol. The third-order valence-corrected chi connectivity index (χ3v) is 5.29. The number of carboxylic acid groups (broad SMARTS) is 1. The van der Waals surface area contributed by atoms with Crippen LogP contribution in [0.3, 0.4) is 0 Å². The van der Waals surface area contributed by atoms with E-state index in [0.717, 1.165) is 11.1 Å². The number of aryl methyl sites for hydroxylation is 2.